The molecule has 0 spiro atoms. The summed E-state index contributed by atoms with van der Waals surface area (Å²) in [6.45, 7) is 0.382. The first-order valence-electron chi connectivity index (χ1n) is 8.75. The molecule has 0 radical (unpaired) electrons. The highest BCUT2D eigenvalue weighted by atomic mass is 16.5. The molecule has 146 valence electrons. The largest absolute Gasteiger partial charge is 0.497 e. The van der Waals surface area contributed by atoms with E-state index < -0.39 is 6.04 Å². The van der Waals surface area contributed by atoms with Crippen LogP contribution >= 0.6 is 0 Å². The molecule has 0 bridgehead atoms. The number of nitrogens with zero attached hydrogens (tertiary/aromatic N) is 2. The lowest BCUT2D eigenvalue weighted by atomic mass is 10.0. The first kappa shape index (κ1) is 19.4. The lowest BCUT2D eigenvalue weighted by Gasteiger charge is -2.21. The van der Waals surface area contributed by atoms with Crippen molar-refractivity contribution in [1.29, 1.82) is 5.26 Å². The van der Waals surface area contributed by atoms with Gasteiger partial charge in [-0.3, -0.25) is 4.79 Å². The standard InChI is InChI=1S/C21H22N2O5/c1-25-14-10-15-20(19(11-14)28-4)16(12-22)23(21(15)24)8-7-13-5-6-17(26-2)18(9-13)27-3/h5-6,9-11,16H,7-8H2,1-4H3. The molecule has 1 unspecified atom stereocenters. The van der Waals surface area contributed by atoms with Gasteiger partial charge >= 0.3 is 0 Å². The Morgan fingerprint density at radius 3 is 2.29 bits per heavy atom. The molecule has 0 saturated heterocycles. The Bertz CT molecular complexity index is 935. The molecule has 2 aromatic carbocycles. The van der Waals surface area contributed by atoms with E-state index in [2.05, 4.69) is 6.07 Å². The highest BCUT2D eigenvalue weighted by Crippen LogP contribution is 2.42. The van der Waals surface area contributed by atoms with Crippen LogP contribution in [0.15, 0.2) is 30.3 Å². The molecule has 28 heavy (non-hydrogen) atoms. The van der Waals surface area contributed by atoms with Crippen LogP contribution in [0.4, 0.5) is 0 Å². The Morgan fingerprint density at radius 2 is 1.68 bits per heavy atom. The predicted octanol–water partition coefficient (Wildman–Crippen LogP) is 2.98. The first-order chi connectivity index (χ1) is 13.6. The van der Waals surface area contributed by atoms with E-state index in [9.17, 15) is 10.1 Å². The Labute approximate surface area is 164 Å². The summed E-state index contributed by atoms with van der Waals surface area (Å²) in [7, 11) is 6.20. The Kier molecular flexibility index (Phi) is 5.59. The van der Waals surface area contributed by atoms with Gasteiger partial charge in [-0.2, -0.15) is 5.26 Å². The van der Waals surface area contributed by atoms with Gasteiger partial charge in [0.1, 0.15) is 17.5 Å². The number of fused-ring (bicyclic) bond motifs is 1. The first-order valence-corrected chi connectivity index (χ1v) is 8.75. The van der Waals surface area contributed by atoms with Crippen LogP contribution in [0.5, 0.6) is 23.0 Å². The van der Waals surface area contributed by atoms with Gasteiger partial charge in [0.25, 0.3) is 5.91 Å². The summed E-state index contributed by atoms with van der Waals surface area (Å²) >= 11 is 0. The summed E-state index contributed by atoms with van der Waals surface area (Å²) in [4.78, 5) is 14.5. The molecule has 1 amide bonds. The monoisotopic (exact) mass is 382 g/mol. The van der Waals surface area contributed by atoms with E-state index in [-0.39, 0.29) is 5.91 Å². The topological polar surface area (TPSA) is 81.0 Å². The molecular formula is C21H22N2O5. The van der Waals surface area contributed by atoms with Crippen molar-refractivity contribution in [1.82, 2.24) is 4.90 Å². The Morgan fingerprint density at radius 1 is 0.964 bits per heavy atom. The summed E-state index contributed by atoms with van der Waals surface area (Å²) in [6, 6.07) is 10.5. The van der Waals surface area contributed by atoms with Crippen LogP contribution in [0.3, 0.4) is 0 Å². The third kappa shape index (κ3) is 3.29. The van der Waals surface area contributed by atoms with Crippen molar-refractivity contribution in [2.45, 2.75) is 12.5 Å². The van der Waals surface area contributed by atoms with Crippen LogP contribution in [0.1, 0.15) is 27.5 Å². The molecule has 2 aromatic rings. The quantitative estimate of drug-likeness (QED) is 0.732. The van der Waals surface area contributed by atoms with Crippen molar-refractivity contribution >= 4 is 5.91 Å². The predicted molar refractivity (Wildman–Crippen MR) is 102 cm³/mol. The molecule has 1 aliphatic heterocycles. The third-order valence-corrected chi connectivity index (χ3v) is 4.86. The number of rotatable bonds is 7. The Hall–Kier alpha value is -3.40. The molecule has 7 nitrogen and oxygen atoms in total. The summed E-state index contributed by atoms with van der Waals surface area (Å²) < 4.78 is 21.2. The number of hydrogen-bond acceptors (Lipinski definition) is 6. The van der Waals surface area contributed by atoms with E-state index in [4.69, 9.17) is 18.9 Å². The second-order valence-electron chi connectivity index (χ2n) is 6.26. The minimum Gasteiger partial charge on any atom is -0.497 e. The van der Waals surface area contributed by atoms with Crippen molar-refractivity contribution in [2.75, 3.05) is 35.0 Å². The normalized spacial score (nSPS) is 15.0. The zero-order valence-electron chi connectivity index (χ0n) is 16.3. The van der Waals surface area contributed by atoms with Gasteiger partial charge in [-0.15, -0.1) is 0 Å². The van der Waals surface area contributed by atoms with Gasteiger partial charge in [0.15, 0.2) is 11.5 Å². The second-order valence-corrected chi connectivity index (χ2v) is 6.26. The van der Waals surface area contributed by atoms with Gasteiger partial charge in [0.05, 0.1) is 40.1 Å². The Balaban J connectivity index is 1.87. The van der Waals surface area contributed by atoms with Crippen LogP contribution in [0, 0.1) is 11.3 Å². The summed E-state index contributed by atoms with van der Waals surface area (Å²) in [5.41, 5.74) is 2.00. The maximum absolute atomic E-state index is 13.0. The van der Waals surface area contributed by atoms with E-state index in [1.165, 1.54) is 14.2 Å². The second kappa shape index (κ2) is 8.09. The molecular weight excluding hydrogens is 360 g/mol. The summed E-state index contributed by atoms with van der Waals surface area (Å²) in [5, 5.41) is 9.73. The van der Waals surface area contributed by atoms with Gasteiger partial charge < -0.3 is 23.8 Å². The third-order valence-electron chi connectivity index (χ3n) is 4.86. The maximum atomic E-state index is 13.0. The zero-order chi connectivity index (χ0) is 20.3. The van der Waals surface area contributed by atoms with Crippen LogP contribution in [0.25, 0.3) is 0 Å². The number of hydrogen-bond donors (Lipinski definition) is 0. The average Bonchev–Trinajstić information content (AvgIpc) is 3.02. The van der Waals surface area contributed by atoms with Crippen LogP contribution in [0.2, 0.25) is 0 Å². The molecule has 7 heteroatoms. The van der Waals surface area contributed by atoms with Crippen molar-refractivity contribution in [2.24, 2.45) is 0 Å². The lowest BCUT2D eigenvalue weighted by Crippen LogP contribution is -2.29. The number of methoxy groups -OCH3 is 4. The zero-order valence-corrected chi connectivity index (χ0v) is 16.3. The molecule has 1 aliphatic rings. The van der Waals surface area contributed by atoms with E-state index in [1.807, 2.05) is 18.2 Å². The van der Waals surface area contributed by atoms with E-state index >= 15 is 0 Å². The van der Waals surface area contributed by atoms with Crippen molar-refractivity contribution in [3.05, 3.63) is 47.0 Å². The van der Waals surface area contributed by atoms with Crippen LogP contribution in [-0.2, 0) is 6.42 Å². The highest BCUT2D eigenvalue weighted by Gasteiger charge is 2.39. The highest BCUT2D eigenvalue weighted by molar-refractivity contribution is 6.01. The van der Waals surface area contributed by atoms with Crippen LogP contribution in [-0.4, -0.2) is 45.8 Å². The number of benzene rings is 2. The molecule has 3 rings (SSSR count). The number of carbonyl (C=O) groups excluding carboxylic acids is 1. The van der Waals surface area contributed by atoms with Crippen molar-refractivity contribution in [3.63, 3.8) is 0 Å². The van der Waals surface area contributed by atoms with Gasteiger partial charge in [-0.05, 0) is 30.2 Å². The molecule has 1 heterocycles. The molecule has 0 aliphatic carbocycles. The number of carbonyl (C=O) groups is 1. The maximum Gasteiger partial charge on any atom is 0.255 e. The minimum atomic E-state index is -0.705. The number of nitriles is 1. The SMILES string of the molecule is COc1cc(OC)c2c(c1)C(=O)N(CCc1ccc(OC)c(OC)c1)C2C#N. The fourth-order valence-electron chi connectivity index (χ4n) is 3.43. The van der Waals surface area contributed by atoms with Gasteiger partial charge in [-0.1, -0.05) is 6.07 Å². The van der Waals surface area contributed by atoms with E-state index in [0.29, 0.717) is 47.1 Å². The summed E-state index contributed by atoms with van der Waals surface area (Å²) in [5.74, 6) is 2.05. The van der Waals surface area contributed by atoms with Gasteiger partial charge in [0.2, 0.25) is 0 Å². The number of amides is 1. The van der Waals surface area contributed by atoms with Gasteiger partial charge in [0, 0.05) is 18.2 Å². The fraction of sp³-hybridized carbons (Fsp3) is 0.333. The van der Waals surface area contributed by atoms with Gasteiger partial charge in [-0.25, -0.2) is 0 Å². The lowest BCUT2D eigenvalue weighted by molar-refractivity contribution is 0.0759. The molecule has 0 saturated carbocycles. The molecule has 1 atom stereocenters. The molecule has 0 fully saturated rings. The number of ether oxygens (including phenoxy) is 4. The fourth-order valence-corrected chi connectivity index (χ4v) is 3.43. The smallest absolute Gasteiger partial charge is 0.255 e. The molecule has 0 N–H and O–H groups in total. The molecule has 0 aromatic heterocycles. The summed E-state index contributed by atoms with van der Waals surface area (Å²) in [6.07, 6.45) is 0.567. The van der Waals surface area contributed by atoms with Crippen LogP contribution < -0.4 is 18.9 Å². The van der Waals surface area contributed by atoms with E-state index in [0.717, 1.165) is 5.56 Å². The van der Waals surface area contributed by atoms with Crippen molar-refractivity contribution < 1.29 is 23.7 Å². The minimum absolute atomic E-state index is 0.209. The van der Waals surface area contributed by atoms with Crippen molar-refractivity contribution in [3.8, 4) is 29.1 Å². The van der Waals surface area contributed by atoms with E-state index in [1.54, 1.807) is 31.3 Å². The average molecular weight is 382 g/mol.